The number of aromatic nitrogens is 3. The number of nitrogens with one attached hydrogen (secondary N) is 2. The summed E-state index contributed by atoms with van der Waals surface area (Å²) in [7, 11) is 1.78. The fourth-order valence-corrected chi connectivity index (χ4v) is 2.50. The van der Waals surface area contributed by atoms with E-state index in [1.165, 1.54) is 11.3 Å². The molecule has 0 aliphatic rings. The summed E-state index contributed by atoms with van der Waals surface area (Å²) in [6, 6.07) is 1.86. The highest BCUT2D eigenvalue weighted by molar-refractivity contribution is 7.14. The van der Waals surface area contributed by atoms with E-state index in [4.69, 9.17) is 0 Å². The van der Waals surface area contributed by atoms with Crippen molar-refractivity contribution in [2.24, 2.45) is 7.05 Å². The smallest absolute Gasteiger partial charge is 0.277 e. The number of amides is 1. The van der Waals surface area contributed by atoms with Crippen molar-refractivity contribution in [2.75, 3.05) is 11.9 Å². The Bertz CT molecular complexity index is 577. The highest BCUT2D eigenvalue weighted by Crippen LogP contribution is 2.20. The van der Waals surface area contributed by atoms with Gasteiger partial charge in [0, 0.05) is 24.7 Å². The van der Waals surface area contributed by atoms with Gasteiger partial charge in [0.25, 0.3) is 5.91 Å². The third-order valence-electron chi connectivity index (χ3n) is 2.83. The number of carbonyl (C=O) groups is 1. The van der Waals surface area contributed by atoms with Crippen LogP contribution < -0.4 is 10.6 Å². The summed E-state index contributed by atoms with van der Waals surface area (Å²) < 4.78 is 1.60. The van der Waals surface area contributed by atoms with Gasteiger partial charge in [-0.05, 0) is 26.0 Å². The molecule has 2 rings (SSSR count). The van der Waals surface area contributed by atoms with Crippen LogP contribution in [0.15, 0.2) is 17.6 Å². The molecule has 0 fully saturated rings. The van der Waals surface area contributed by atoms with E-state index in [-0.39, 0.29) is 11.9 Å². The fourth-order valence-electron chi connectivity index (χ4n) is 1.71. The van der Waals surface area contributed by atoms with E-state index in [1.807, 2.05) is 5.38 Å². The van der Waals surface area contributed by atoms with Crippen molar-refractivity contribution >= 4 is 22.4 Å². The van der Waals surface area contributed by atoms with Crippen LogP contribution in [-0.2, 0) is 7.05 Å². The van der Waals surface area contributed by atoms with E-state index >= 15 is 0 Å². The van der Waals surface area contributed by atoms with Gasteiger partial charge in [-0.1, -0.05) is 6.92 Å². The standard InChI is InChI=1S/C13H19N5OS/c1-4-6-14-9(2)11-8-20-13(15-11)16-12(19)10-5-7-18(3)17-10/h5,7-9,14H,4,6H2,1-3H3,(H,15,16,19). The molecule has 0 saturated carbocycles. The van der Waals surface area contributed by atoms with Gasteiger partial charge in [0.2, 0.25) is 0 Å². The average Bonchev–Trinajstić information content (AvgIpc) is 3.05. The van der Waals surface area contributed by atoms with Crippen molar-refractivity contribution in [1.29, 1.82) is 0 Å². The number of hydrogen-bond acceptors (Lipinski definition) is 5. The zero-order chi connectivity index (χ0) is 14.5. The molecule has 108 valence electrons. The van der Waals surface area contributed by atoms with Crippen molar-refractivity contribution in [1.82, 2.24) is 20.1 Å². The average molecular weight is 293 g/mol. The van der Waals surface area contributed by atoms with Crippen molar-refractivity contribution in [2.45, 2.75) is 26.3 Å². The normalized spacial score (nSPS) is 12.3. The highest BCUT2D eigenvalue weighted by atomic mass is 32.1. The molecule has 0 bridgehead atoms. The number of nitrogens with zero attached hydrogens (tertiary/aromatic N) is 3. The number of anilines is 1. The van der Waals surface area contributed by atoms with Gasteiger partial charge in [-0.25, -0.2) is 4.98 Å². The first-order valence-corrected chi connectivity index (χ1v) is 7.48. The minimum absolute atomic E-state index is 0.187. The van der Waals surface area contributed by atoms with E-state index in [1.54, 1.807) is 24.0 Å². The summed E-state index contributed by atoms with van der Waals surface area (Å²) in [6.45, 7) is 5.14. The maximum absolute atomic E-state index is 11.9. The molecule has 1 unspecified atom stereocenters. The quantitative estimate of drug-likeness (QED) is 0.856. The Morgan fingerprint density at radius 2 is 2.35 bits per heavy atom. The first-order valence-electron chi connectivity index (χ1n) is 6.60. The molecular formula is C13H19N5OS. The van der Waals surface area contributed by atoms with E-state index in [0.717, 1.165) is 18.7 Å². The molecule has 20 heavy (non-hydrogen) atoms. The zero-order valence-corrected chi connectivity index (χ0v) is 12.7. The van der Waals surface area contributed by atoms with Gasteiger partial charge in [0.05, 0.1) is 5.69 Å². The molecule has 2 N–H and O–H groups in total. The van der Waals surface area contributed by atoms with E-state index in [9.17, 15) is 4.79 Å². The largest absolute Gasteiger partial charge is 0.309 e. The lowest BCUT2D eigenvalue weighted by atomic mass is 10.2. The monoisotopic (exact) mass is 293 g/mol. The Labute approximate surface area is 122 Å². The SMILES string of the molecule is CCCNC(C)c1csc(NC(=O)c2ccn(C)n2)n1. The molecule has 1 amide bonds. The van der Waals surface area contributed by atoms with Gasteiger partial charge >= 0.3 is 0 Å². The third-order valence-corrected chi connectivity index (χ3v) is 3.61. The predicted octanol–water partition coefficient (Wildman–Crippen LogP) is 2.19. The molecule has 2 aromatic rings. The maximum atomic E-state index is 11.9. The molecule has 0 aliphatic carbocycles. The van der Waals surface area contributed by atoms with E-state index < -0.39 is 0 Å². The summed E-state index contributed by atoms with van der Waals surface area (Å²) in [5.74, 6) is -0.235. The highest BCUT2D eigenvalue weighted by Gasteiger charge is 2.13. The van der Waals surface area contributed by atoms with E-state index in [2.05, 4.69) is 34.6 Å². The Balaban J connectivity index is 1.97. The molecule has 0 saturated heterocycles. The van der Waals surface area contributed by atoms with Crippen molar-refractivity contribution in [3.8, 4) is 0 Å². The molecule has 1 atom stereocenters. The second kappa shape index (κ2) is 6.62. The van der Waals surface area contributed by atoms with E-state index in [0.29, 0.717) is 10.8 Å². The molecule has 2 aromatic heterocycles. The van der Waals surface area contributed by atoms with Crippen molar-refractivity contribution in [3.05, 3.63) is 29.0 Å². The predicted molar refractivity (Wildman–Crippen MR) is 80.0 cm³/mol. The molecule has 0 aliphatic heterocycles. The van der Waals surface area contributed by atoms with Crippen LogP contribution in [0.1, 0.15) is 42.5 Å². The number of thiazole rings is 1. The number of rotatable bonds is 6. The molecule has 0 spiro atoms. The Hall–Kier alpha value is -1.73. The molecule has 0 radical (unpaired) electrons. The van der Waals surface area contributed by atoms with Gasteiger partial charge in [0.15, 0.2) is 10.8 Å². The summed E-state index contributed by atoms with van der Waals surface area (Å²) in [4.78, 5) is 16.4. The van der Waals surface area contributed by atoms with Crippen LogP contribution in [-0.4, -0.2) is 27.2 Å². The first-order chi connectivity index (χ1) is 9.60. The van der Waals surface area contributed by atoms with Crippen LogP contribution in [0.3, 0.4) is 0 Å². The lowest BCUT2D eigenvalue weighted by Gasteiger charge is -2.09. The van der Waals surface area contributed by atoms with Crippen LogP contribution in [0.5, 0.6) is 0 Å². The number of carbonyl (C=O) groups excluding carboxylic acids is 1. The van der Waals surface area contributed by atoms with Gasteiger partial charge in [0.1, 0.15) is 0 Å². The summed E-state index contributed by atoms with van der Waals surface area (Å²) in [6.07, 6.45) is 2.82. The summed E-state index contributed by atoms with van der Waals surface area (Å²) in [5.41, 5.74) is 1.33. The zero-order valence-electron chi connectivity index (χ0n) is 11.9. The first kappa shape index (κ1) is 14.7. The Kier molecular flexibility index (Phi) is 4.86. The molecule has 7 heteroatoms. The summed E-state index contributed by atoms with van der Waals surface area (Å²) in [5, 5.41) is 12.7. The van der Waals surface area contributed by atoms with Crippen LogP contribution in [0.4, 0.5) is 5.13 Å². The van der Waals surface area contributed by atoms with Gasteiger partial charge in [-0.15, -0.1) is 11.3 Å². The summed E-state index contributed by atoms with van der Waals surface area (Å²) >= 11 is 1.42. The molecule has 0 aromatic carbocycles. The van der Waals surface area contributed by atoms with Crippen LogP contribution in [0.25, 0.3) is 0 Å². The van der Waals surface area contributed by atoms with Crippen molar-refractivity contribution in [3.63, 3.8) is 0 Å². The maximum Gasteiger partial charge on any atom is 0.277 e. The second-order valence-corrected chi connectivity index (χ2v) is 5.44. The Morgan fingerprint density at radius 1 is 1.55 bits per heavy atom. The molecule has 6 nitrogen and oxygen atoms in total. The van der Waals surface area contributed by atoms with Crippen LogP contribution in [0.2, 0.25) is 0 Å². The topological polar surface area (TPSA) is 71.8 Å². The lowest BCUT2D eigenvalue weighted by Crippen LogP contribution is -2.19. The minimum atomic E-state index is -0.235. The van der Waals surface area contributed by atoms with Gasteiger partial charge in [-0.3, -0.25) is 14.8 Å². The Morgan fingerprint density at radius 3 is 3.00 bits per heavy atom. The second-order valence-electron chi connectivity index (χ2n) is 4.58. The lowest BCUT2D eigenvalue weighted by molar-refractivity contribution is 0.102. The fraction of sp³-hybridized carbons (Fsp3) is 0.462. The van der Waals surface area contributed by atoms with Crippen LogP contribution in [0, 0.1) is 0 Å². The van der Waals surface area contributed by atoms with Gasteiger partial charge < -0.3 is 5.32 Å². The minimum Gasteiger partial charge on any atom is -0.309 e. The molecule has 2 heterocycles. The van der Waals surface area contributed by atoms with Crippen molar-refractivity contribution < 1.29 is 4.79 Å². The molecular weight excluding hydrogens is 274 g/mol. The number of aryl methyl sites for hydroxylation is 1. The van der Waals surface area contributed by atoms with Crippen LogP contribution >= 0.6 is 11.3 Å². The third kappa shape index (κ3) is 3.64. The van der Waals surface area contributed by atoms with Gasteiger partial charge in [-0.2, -0.15) is 5.10 Å². The number of hydrogen-bond donors (Lipinski definition) is 2.